The first-order valence-electron chi connectivity index (χ1n) is 5.43. The first-order chi connectivity index (χ1) is 6.97. The fourth-order valence-electron chi connectivity index (χ4n) is 1.56. The fourth-order valence-corrected chi connectivity index (χ4v) is 2.51. The topological polar surface area (TPSA) is 9.23 Å². The van der Waals surface area contributed by atoms with E-state index in [1.807, 2.05) is 0 Å². The Morgan fingerprint density at radius 3 is 2.40 bits per heavy atom. The third kappa shape index (κ3) is 2.75. The van der Waals surface area contributed by atoms with Gasteiger partial charge >= 0.3 is 0 Å². The van der Waals surface area contributed by atoms with Gasteiger partial charge < -0.3 is 4.74 Å². The standard InChI is InChI=1S/C13H17BrO/c1-13(2,3)11-7-6-10(8-12(11)14)15-9-4-5-9/h6-9H,4-5H2,1-3H3. The number of benzene rings is 1. The molecule has 1 saturated carbocycles. The highest BCUT2D eigenvalue weighted by Crippen LogP contribution is 2.34. The van der Waals surface area contributed by atoms with Crippen LogP contribution in [0.4, 0.5) is 0 Å². The van der Waals surface area contributed by atoms with E-state index in [9.17, 15) is 0 Å². The molecule has 0 N–H and O–H groups in total. The zero-order valence-electron chi connectivity index (χ0n) is 9.51. The lowest BCUT2D eigenvalue weighted by Gasteiger charge is -2.21. The number of rotatable bonds is 2. The molecule has 0 aromatic heterocycles. The molecule has 1 nitrogen and oxygen atoms in total. The van der Waals surface area contributed by atoms with Crippen LogP contribution in [-0.4, -0.2) is 6.10 Å². The zero-order chi connectivity index (χ0) is 11.1. The highest BCUT2D eigenvalue weighted by atomic mass is 79.9. The SMILES string of the molecule is CC(C)(C)c1ccc(OC2CC2)cc1Br. The molecule has 0 saturated heterocycles. The first-order valence-corrected chi connectivity index (χ1v) is 6.23. The third-order valence-corrected chi connectivity index (χ3v) is 3.23. The van der Waals surface area contributed by atoms with E-state index in [1.165, 1.54) is 18.4 Å². The van der Waals surface area contributed by atoms with E-state index in [1.54, 1.807) is 0 Å². The number of halogens is 1. The van der Waals surface area contributed by atoms with Crippen molar-refractivity contribution in [3.05, 3.63) is 28.2 Å². The Bertz CT molecular complexity index is 361. The largest absolute Gasteiger partial charge is 0.490 e. The van der Waals surface area contributed by atoms with Crippen LogP contribution in [-0.2, 0) is 5.41 Å². The zero-order valence-corrected chi connectivity index (χ0v) is 11.1. The summed E-state index contributed by atoms with van der Waals surface area (Å²) in [6.07, 6.45) is 2.88. The van der Waals surface area contributed by atoms with E-state index in [4.69, 9.17) is 4.74 Å². The lowest BCUT2D eigenvalue weighted by atomic mass is 9.87. The molecule has 0 unspecified atom stereocenters. The van der Waals surface area contributed by atoms with Crippen molar-refractivity contribution >= 4 is 15.9 Å². The smallest absolute Gasteiger partial charge is 0.120 e. The maximum atomic E-state index is 5.74. The molecule has 1 aliphatic rings. The van der Waals surface area contributed by atoms with Crippen LogP contribution in [0.15, 0.2) is 22.7 Å². The predicted molar refractivity (Wildman–Crippen MR) is 66.5 cm³/mol. The van der Waals surface area contributed by atoms with Gasteiger partial charge in [-0.2, -0.15) is 0 Å². The van der Waals surface area contributed by atoms with Crippen LogP contribution in [0.5, 0.6) is 5.75 Å². The van der Waals surface area contributed by atoms with Crippen molar-refractivity contribution in [3.63, 3.8) is 0 Å². The van der Waals surface area contributed by atoms with Gasteiger partial charge in [-0.05, 0) is 36.0 Å². The number of hydrogen-bond acceptors (Lipinski definition) is 1. The van der Waals surface area contributed by atoms with Crippen molar-refractivity contribution in [2.75, 3.05) is 0 Å². The molecule has 1 aromatic rings. The average molecular weight is 269 g/mol. The Balaban J connectivity index is 2.21. The summed E-state index contributed by atoms with van der Waals surface area (Å²) in [5.74, 6) is 0.984. The van der Waals surface area contributed by atoms with Crippen molar-refractivity contribution in [2.45, 2.75) is 45.1 Å². The number of hydrogen-bond donors (Lipinski definition) is 0. The van der Waals surface area contributed by atoms with Crippen LogP contribution in [0.25, 0.3) is 0 Å². The van der Waals surface area contributed by atoms with Gasteiger partial charge in [0.05, 0.1) is 6.10 Å². The molecule has 0 radical (unpaired) electrons. The van der Waals surface area contributed by atoms with E-state index < -0.39 is 0 Å². The van der Waals surface area contributed by atoms with Gasteiger partial charge in [0, 0.05) is 4.47 Å². The summed E-state index contributed by atoms with van der Waals surface area (Å²) in [7, 11) is 0. The molecule has 2 heteroatoms. The Morgan fingerprint density at radius 2 is 1.93 bits per heavy atom. The van der Waals surface area contributed by atoms with Gasteiger partial charge in [0.15, 0.2) is 0 Å². The summed E-state index contributed by atoms with van der Waals surface area (Å²) in [6.45, 7) is 6.65. The molecule has 15 heavy (non-hydrogen) atoms. The summed E-state index contributed by atoms with van der Waals surface area (Å²) in [5.41, 5.74) is 1.50. The van der Waals surface area contributed by atoms with Crippen LogP contribution in [0.1, 0.15) is 39.2 Å². The Labute approximate surface area is 100.0 Å². The second kappa shape index (κ2) is 3.82. The van der Waals surface area contributed by atoms with Crippen molar-refractivity contribution in [1.29, 1.82) is 0 Å². The van der Waals surface area contributed by atoms with Gasteiger partial charge in [-0.25, -0.2) is 0 Å². The number of ether oxygens (including phenoxy) is 1. The van der Waals surface area contributed by atoms with E-state index in [0.717, 1.165) is 10.2 Å². The maximum absolute atomic E-state index is 5.74. The minimum atomic E-state index is 0.178. The van der Waals surface area contributed by atoms with Gasteiger partial charge in [0.1, 0.15) is 5.75 Å². The molecular weight excluding hydrogens is 252 g/mol. The molecule has 82 valence electrons. The highest BCUT2D eigenvalue weighted by molar-refractivity contribution is 9.10. The molecule has 0 bridgehead atoms. The van der Waals surface area contributed by atoms with Crippen molar-refractivity contribution in [1.82, 2.24) is 0 Å². The van der Waals surface area contributed by atoms with Gasteiger partial charge in [-0.1, -0.05) is 42.8 Å². The van der Waals surface area contributed by atoms with Gasteiger partial charge in [-0.15, -0.1) is 0 Å². The second-order valence-corrected chi connectivity index (χ2v) is 6.06. The lowest BCUT2D eigenvalue weighted by molar-refractivity contribution is 0.303. The van der Waals surface area contributed by atoms with Gasteiger partial charge in [0.25, 0.3) is 0 Å². The van der Waals surface area contributed by atoms with Crippen LogP contribution in [0.2, 0.25) is 0 Å². The van der Waals surface area contributed by atoms with Crippen LogP contribution >= 0.6 is 15.9 Å². The minimum Gasteiger partial charge on any atom is -0.490 e. The van der Waals surface area contributed by atoms with Gasteiger partial charge in [0.2, 0.25) is 0 Å². The van der Waals surface area contributed by atoms with E-state index in [0.29, 0.717) is 6.10 Å². The molecule has 0 aliphatic heterocycles. The van der Waals surface area contributed by atoms with Crippen molar-refractivity contribution < 1.29 is 4.74 Å². The summed E-state index contributed by atoms with van der Waals surface area (Å²) < 4.78 is 6.89. The average Bonchev–Trinajstić information content (AvgIpc) is 2.85. The van der Waals surface area contributed by atoms with E-state index in [-0.39, 0.29) is 5.41 Å². The fraction of sp³-hybridized carbons (Fsp3) is 0.538. The monoisotopic (exact) mass is 268 g/mol. The van der Waals surface area contributed by atoms with Crippen LogP contribution in [0.3, 0.4) is 0 Å². The first kappa shape index (κ1) is 11.0. The molecule has 2 rings (SSSR count). The molecular formula is C13H17BrO. The van der Waals surface area contributed by atoms with Crippen molar-refractivity contribution in [2.24, 2.45) is 0 Å². The summed E-state index contributed by atoms with van der Waals surface area (Å²) >= 11 is 3.61. The second-order valence-electron chi connectivity index (χ2n) is 5.21. The highest BCUT2D eigenvalue weighted by Gasteiger charge is 2.24. The molecule has 0 atom stereocenters. The van der Waals surface area contributed by atoms with Crippen molar-refractivity contribution in [3.8, 4) is 5.75 Å². The van der Waals surface area contributed by atoms with Gasteiger partial charge in [-0.3, -0.25) is 0 Å². The maximum Gasteiger partial charge on any atom is 0.120 e. The molecule has 1 aliphatic carbocycles. The minimum absolute atomic E-state index is 0.178. The molecule has 0 amide bonds. The van der Waals surface area contributed by atoms with E-state index >= 15 is 0 Å². The Kier molecular flexibility index (Phi) is 2.80. The quantitative estimate of drug-likeness (QED) is 0.778. The third-order valence-electron chi connectivity index (χ3n) is 2.58. The molecule has 0 heterocycles. The summed E-state index contributed by atoms with van der Waals surface area (Å²) in [6, 6.07) is 6.31. The Hall–Kier alpha value is -0.500. The van der Waals surface area contributed by atoms with E-state index in [2.05, 4.69) is 54.9 Å². The lowest BCUT2D eigenvalue weighted by Crippen LogP contribution is -2.12. The molecule has 1 aromatic carbocycles. The molecule has 1 fully saturated rings. The summed E-state index contributed by atoms with van der Waals surface area (Å²) in [4.78, 5) is 0. The Morgan fingerprint density at radius 1 is 1.27 bits per heavy atom. The predicted octanol–water partition coefficient (Wildman–Crippen LogP) is 4.29. The van der Waals surface area contributed by atoms with Crippen LogP contribution in [0, 0.1) is 0 Å². The molecule has 0 spiro atoms. The van der Waals surface area contributed by atoms with Crippen LogP contribution < -0.4 is 4.74 Å². The normalized spacial score (nSPS) is 16.5. The summed E-state index contributed by atoms with van der Waals surface area (Å²) in [5, 5.41) is 0.